The first-order valence-corrected chi connectivity index (χ1v) is 13.0. The normalized spacial score (nSPS) is 12.4. The molecule has 0 saturated carbocycles. The summed E-state index contributed by atoms with van der Waals surface area (Å²) in [4.78, 5) is 27.8. The molecule has 0 bridgehead atoms. The van der Waals surface area contributed by atoms with E-state index < -0.39 is 5.97 Å². The van der Waals surface area contributed by atoms with Crippen molar-refractivity contribution in [2.45, 2.75) is 31.3 Å². The number of nitrogens with zero attached hydrogens (tertiary/aromatic N) is 4. The van der Waals surface area contributed by atoms with Crippen molar-refractivity contribution in [1.82, 2.24) is 14.8 Å². The van der Waals surface area contributed by atoms with E-state index in [-0.39, 0.29) is 18.9 Å². The minimum absolute atomic E-state index is 0.00141. The molecule has 4 aromatic rings. The Labute approximate surface area is 214 Å². The second-order valence-electron chi connectivity index (χ2n) is 8.49. The van der Waals surface area contributed by atoms with Crippen LogP contribution in [0.2, 0.25) is 0 Å². The van der Waals surface area contributed by atoms with Crippen LogP contribution in [0.5, 0.6) is 0 Å². The van der Waals surface area contributed by atoms with Gasteiger partial charge in [0.15, 0.2) is 5.16 Å². The van der Waals surface area contributed by atoms with Crippen molar-refractivity contribution in [3.05, 3.63) is 95.3 Å². The van der Waals surface area contributed by atoms with Crippen LogP contribution in [0, 0.1) is 6.92 Å². The Balaban J connectivity index is 1.27. The van der Waals surface area contributed by atoms with Crippen molar-refractivity contribution >= 4 is 35.0 Å². The van der Waals surface area contributed by atoms with Crippen molar-refractivity contribution < 1.29 is 14.3 Å². The predicted molar refractivity (Wildman–Crippen MR) is 140 cm³/mol. The van der Waals surface area contributed by atoms with E-state index in [1.54, 1.807) is 17.0 Å². The summed E-state index contributed by atoms with van der Waals surface area (Å²) in [5.74, 6) is 0.203. The lowest BCUT2D eigenvalue weighted by atomic mass is 10.0. The van der Waals surface area contributed by atoms with E-state index in [9.17, 15) is 9.59 Å². The summed E-state index contributed by atoms with van der Waals surface area (Å²) in [5.41, 5.74) is 5.34. The summed E-state index contributed by atoms with van der Waals surface area (Å²) >= 11 is 1.50. The molecule has 7 nitrogen and oxygen atoms in total. The lowest BCUT2D eigenvalue weighted by Gasteiger charge is -2.25. The third kappa shape index (κ3) is 4.64. The second-order valence-corrected chi connectivity index (χ2v) is 9.26. The van der Waals surface area contributed by atoms with Crippen LogP contribution in [0.4, 0.5) is 11.4 Å². The van der Waals surface area contributed by atoms with Gasteiger partial charge in [0.05, 0.1) is 23.4 Å². The third-order valence-corrected chi connectivity index (χ3v) is 6.90. The Morgan fingerprint density at radius 1 is 0.889 bits per heavy atom. The van der Waals surface area contributed by atoms with Gasteiger partial charge in [0.2, 0.25) is 5.91 Å². The number of ether oxygens (including phenoxy) is 1. The van der Waals surface area contributed by atoms with Gasteiger partial charge in [-0.25, -0.2) is 4.79 Å². The van der Waals surface area contributed by atoms with Crippen LogP contribution in [-0.4, -0.2) is 39.5 Å². The fraction of sp³-hybridized carbons (Fsp3) is 0.214. The number of hydrogen-bond acceptors (Lipinski definition) is 6. The number of thioether (sulfide) groups is 1. The van der Waals surface area contributed by atoms with Gasteiger partial charge in [-0.05, 0) is 73.5 Å². The number of amides is 1. The molecule has 0 fully saturated rings. The highest BCUT2D eigenvalue weighted by atomic mass is 32.2. The van der Waals surface area contributed by atoms with Crippen LogP contribution in [0.25, 0.3) is 5.69 Å². The second kappa shape index (κ2) is 10.4. The molecule has 1 aromatic heterocycles. The Bertz CT molecular complexity index is 1370. The lowest BCUT2D eigenvalue weighted by molar-refractivity contribution is -0.118. The SMILES string of the molecule is CSc1nnc(C)n1-c1ccc(C(=O)OCCC(=O)N2c3ccccc3CCc3ccccc32)cc1. The molecule has 0 N–H and O–H groups in total. The summed E-state index contributed by atoms with van der Waals surface area (Å²) in [6.45, 7) is 1.88. The van der Waals surface area contributed by atoms with Gasteiger partial charge in [-0.3, -0.25) is 14.3 Å². The van der Waals surface area contributed by atoms with Crippen molar-refractivity contribution in [2.75, 3.05) is 17.8 Å². The summed E-state index contributed by atoms with van der Waals surface area (Å²) in [6.07, 6.45) is 3.77. The number of hydrogen-bond donors (Lipinski definition) is 0. The summed E-state index contributed by atoms with van der Waals surface area (Å²) in [5, 5.41) is 9.04. The minimum Gasteiger partial charge on any atom is -0.462 e. The molecular weight excluding hydrogens is 472 g/mol. The van der Waals surface area contributed by atoms with Crippen molar-refractivity contribution in [2.24, 2.45) is 0 Å². The van der Waals surface area contributed by atoms with Gasteiger partial charge in [0.25, 0.3) is 0 Å². The largest absolute Gasteiger partial charge is 0.462 e. The van der Waals surface area contributed by atoms with Crippen LogP contribution in [0.1, 0.15) is 33.7 Å². The van der Waals surface area contributed by atoms with Crippen LogP contribution >= 0.6 is 11.8 Å². The van der Waals surface area contributed by atoms with E-state index in [0.29, 0.717) is 5.56 Å². The number of aryl methyl sites for hydroxylation is 3. The molecule has 0 radical (unpaired) electrons. The molecule has 2 heterocycles. The van der Waals surface area contributed by atoms with Crippen LogP contribution in [-0.2, 0) is 22.4 Å². The monoisotopic (exact) mass is 498 g/mol. The molecule has 0 unspecified atom stereocenters. The molecule has 8 heteroatoms. The fourth-order valence-corrected chi connectivity index (χ4v) is 5.04. The molecule has 1 aliphatic rings. The summed E-state index contributed by atoms with van der Waals surface area (Å²) in [6, 6.07) is 23.1. The van der Waals surface area contributed by atoms with E-state index in [1.807, 2.05) is 66.3 Å². The van der Waals surface area contributed by atoms with E-state index in [4.69, 9.17) is 4.74 Å². The Morgan fingerprint density at radius 2 is 1.50 bits per heavy atom. The quantitative estimate of drug-likeness (QED) is 0.265. The zero-order valence-corrected chi connectivity index (χ0v) is 21.0. The third-order valence-electron chi connectivity index (χ3n) is 6.27. The molecule has 36 heavy (non-hydrogen) atoms. The molecule has 0 atom stereocenters. The van der Waals surface area contributed by atoms with Gasteiger partial charge in [-0.2, -0.15) is 0 Å². The van der Waals surface area contributed by atoms with E-state index in [2.05, 4.69) is 22.3 Å². The predicted octanol–water partition coefficient (Wildman–Crippen LogP) is 5.31. The number of aromatic nitrogens is 3. The molecule has 0 aliphatic carbocycles. The number of benzene rings is 3. The summed E-state index contributed by atoms with van der Waals surface area (Å²) < 4.78 is 7.40. The van der Waals surface area contributed by atoms with Crippen molar-refractivity contribution in [1.29, 1.82) is 0 Å². The standard InChI is InChI=1S/C28H26N4O3S/c1-19-29-30-28(36-2)31(19)23-15-13-22(14-16-23)27(34)35-18-17-26(33)32-24-9-5-3-7-20(24)11-12-21-8-4-6-10-25(21)32/h3-10,13-16H,11-12,17-18H2,1-2H3. The van der Waals surface area contributed by atoms with Crippen molar-refractivity contribution in [3.63, 3.8) is 0 Å². The summed E-state index contributed by atoms with van der Waals surface area (Å²) in [7, 11) is 0. The zero-order valence-electron chi connectivity index (χ0n) is 20.2. The van der Waals surface area contributed by atoms with Crippen LogP contribution in [0.3, 0.4) is 0 Å². The Hall–Kier alpha value is -3.91. The van der Waals surface area contributed by atoms with Gasteiger partial charge in [-0.1, -0.05) is 48.2 Å². The molecular formula is C28H26N4O3S. The highest BCUT2D eigenvalue weighted by molar-refractivity contribution is 7.98. The molecule has 1 amide bonds. The van der Waals surface area contributed by atoms with Crippen molar-refractivity contribution in [3.8, 4) is 5.69 Å². The van der Waals surface area contributed by atoms with Gasteiger partial charge >= 0.3 is 5.97 Å². The number of rotatable bonds is 6. The van der Waals surface area contributed by atoms with Gasteiger partial charge in [-0.15, -0.1) is 10.2 Å². The number of esters is 1. The highest BCUT2D eigenvalue weighted by Crippen LogP contribution is 2.36. The Morgan fingerprint density at radius 3 is 2.11 bits per heavy atom. The van der Waals surface area contributed by atoms with Gasteiger partial charge in [0.1, 0.15) is 12.4 Å². The van der Waals surface area contributed by atoms with E-state index in [0.717, 1.165) is 52.0 Å². The van der Waals surface area contributed by atoms with Gasteiger partial charge < -0.3 is 4.74 Å². The number of anilines is 2. The van der Waals surface area contributed by atoms with E-state index >= 15 is 0 Å². The maximum absolute atomic E-state index is 13.4. The van der Waals surface area contributed by atoms with Crippen LogP contribution in [0.15, 0.2) is 78.0 Å². The maximum Gasteiger partial charge on any atom is 0.338 e. The molecule has 3 aromatic carbocycles. The number of fused-ring (bicyclic) bond motifs is 2. The Kier molecular flexibility index (Phi) is 6.86. The number of carbonyl (C=O) groups excluding carboxylic acids is 2. The fourth-order valence-electron chi connectivity index (χ4n) is 4.49. The molecule has 0 spiro atoms. The highest BCUT2D eigenvalue weighted by Gasteiger charge is 2.25. The maximum atomic E-state index is 13.4. The smallest absolute Gasteiger partial charge is 0.338 e. The molecule has 0 saturated heterocycles. The topological polar surface area (TPSA) is 77.3 Å². The first-order chi connectivity index (χ1) is 17.6. The number of para-hydroxylation sites is 2. The minimum atomic E-state index is -0.461. The lowest BCUT2D eigenvalue weighted by Crippen LogP contribution is -2.28. The van der Waals surface area contributed by atoms with Crippen LogP contribution < -0.4 is 4.90 Å². The molecule has 5 rings (SSSR count). The first-order valence-electron chi connectivity index (χ1n) is 11.8. The zero-order chi connectivity index (χ0) is 25.1. The van der Waals surface area contributed by atoms with Gasteiger partial charge in [0, 0.05) is 5.69 Å². The molecule has 1 aliphatic heterocycles. The number of carbonyl (C=O) groups is 2. The molecule has 182 valence electrons. The average Bonchev–Trinajstić information content (AvgIpc) is 3.20. The first kappa shape index (κ1) is 23.8. The van der Waals surface area contributed by atoms with E-state index in [1.165, 1.54) is 11.8 Å². The average molecular weight is 499 g/mol.